The number of halogens is 1. The Bertz CT molecular complexity index is 871. The quantitative estimate of drug-likeness (QED) is 0.567. The predicted molar refractivity (Wildman–Crippen MR) is 103 cm³/mol. The van der Waals surface area contributed by atoms with Gasteiger partial charge in [0.15, 0.2) is 6.61 Å². The Morgan fingerprint density at radius 1 is 1.15 bits per heavy atom. The minimum Gasteiger partial charge on any atom is -0.454 e. The van der Waals surface area contributed by atoms with Crippen molar-refractivity contribution in [3.05, 3.63) is 51.3 Å². The van der Waals surface area contributed by atoms with Crippen molar-refractivity contribution in [3.8, 4) is 0 Å². The van der Waals surface area contributed by atoms with Crippen LogP contribution in [0.4, 0.5) is 5.69 Å². The van der Waals surface area contributed by atoms with Crippen molar-refractivity contribution in [2.75, 3.05) is 11.9 Å². The number of hydrogen-bond acceptors (Lipinski definition) is 4. The summed E-state index contributed by atoms with van der Waals surface area (Å²) in [7, 11) is 0. The molecule has 0 spiro atoms. The smallest absolute Gasteiger partial charge is 0.340 e. The van der Waals surface area contributed by atoms with Gasteiger partial charge in [0.2, 0.25) is 11.7 Å². The third-order valence-corrected chi connectivity index (χ3v) is 4.53. The topological polar surface area (TPSA) is 77.4 Å². The van der Waals surface area contributed by atoms with Gasteiger partial charge in [0.25, 0.3) is 0 Å². The number of carbonyl (C=O) groups is 3. The van der Waals surface area contributed by atoms with Crippen molar-refractivity contribution in [1.82, 2.24) is 4.57 Å². The van der Waals surface area contributed by atoms with Gasteiger partial charge in [0.1, 0.15) is 0 Å². The lowest BCUT2D eigenvalue weighted by Crippen LogP contribution is -2.17. The fraction of sp³-hybridized carbons (Fsp3) is 0.316. The zero-order chi connectivity index (χ0) is 19.4. The van der Waals surface area contributed by atoms with Gasteiger partial charge in [0, 0.05) is 34.9 Å². The Balaban J connectivity index is 2.14. The first kappa shape index (κ1) is 19.9. The van der Waals surface area contributed by atoms with Crippen molar-refractivity contribution in [3.63, 3.8) is 0 Å². The number of aryl methyl sites for hydroxylation is 1. The number of aromatic nitrogens is 1. The third kappa shape index (κ3) is 4.40. The third-order valence-electron chi connectivity index (χ3n) is 4.04. The number of anilines is 1. The van der Waals surface area contributed by atoms with E-state index in [2.05, 4.69) is 21.2 Å². The van der Waals surface area contributed by atoms with Crippen LogP contribution in [0.15, 0.2) is 28.7 Å². The Labute approximate surface area is 160 Å². The first-order valence-electron chi connectivity index (χ1n) is 8.18. The van der Waals surface area contributed by atoms with Crippen molar-refractivity contribution < 1.29 is 19.1 Å². The minimum absolute atomic E-state index is 0.190. The van der Waals surface area contributed by atoms with Crippen molar-refractivity contribution in [1.29, 1.82) is 0 Å². The molecule has 1 heterocycles. The van der Waals surface area contributed by atoms with E-state index in [9.17, 15) is 14.4 Å². The van der Waals surface area contributed by atoms with E-state index in [0.717, 1.165) is 17.9 Å². The van der Waals surface area contributed by atoms with Gasteiger partial charge < -0.3 is 14.6 Å². The van der Waals surface area contributed by atoms with Crippen LogP contribution >= 0.6 is 15.9 Å². The monoisotopic (exact) mass is 420 g/mol. The van der Waals surface area contributed by atoms with E-state index in [1.54, 1.807) is 18.2 Å². The molecule has 26 heavy (non-hydrogen) atoms. The normalized spacial score (nSPS) is 10.5. The Kier molecular flexibility index (Phi) is 6.37. The molecule has 1 N–H and O–H groups in total. The van der Waals surface area contributed by atoms with Gasteiger partial charge in [-0.1, -0.05) is 15.9 Å². The molecule has 0 unspecified atom stereocenters. The van der Waals surface area contributed by atoms with E-state index < -0.39 is 5.97 Å². The maximum absolute atomic E-state index is 12.4. The second kappa shape index (κ2) is 8.31. The van der Waals surface area contributed by atoms with Crippen LogP contribution in [0.5, 0.6) is 0 Å². The highest BCUT2D eigenvalue weighted by molar-refractivity contribution is 9.10. The van der Waals surface area contributed by atoms with Gasteiger partial charge in [-0.25, -0.2) is 4.79 Å². The molecule has 0 fully saturated rings. The van der Waals surface area contributed by atoms with Gasteiger partial charge in [-0.2, -0.15) is 0 Å². The van der Waals surface area contributed by atoms with E-state index in [4.69, 9.17) is 4.74 Å². The number of rotatable bonds is 6. The molecule has 0 aliphatic carbocycles. The zero-order valence-corrected chi connectivity index (χ0v) is 16.8. The van der Waals surface area contributed by atoms with E-state index >= 15 is 0 Å². The van der Waals surface area contributed by atoms with Crippen LogP contribution in [0.25, 0.3) is 0 Å². The standard InChI is InChI=1S/C19H21BrN2O4/c1-5-22-11(2)8-16(12(22)3)18(24)10-26-19(25)15-7-6-14(20)9-17(15)21-13(4)23/h6-9H,5,10H2,1-4H3,(H,21,23). The first-order chi connectivity index (χ1) is 12.2. The molecule has 138 valence electrons. The number of Topliss-reactive ketones (excluding diaryl/α,β-unsaturated/α-hetero) is 1. The average Bonchev–Trinajstić information content (AvgIpc) is 2.86. The van der Waals surface area contributed by atoms with Crippen molar-refractivity contribution >= 4 is 39.3 Å². The number of nitrogens with one attached hydrogen (secondary N) is 1. The number of carbonyl (C=O) groups excluding carboxylic acids is 3. The zero-order valence-electron chi connectivity index (χ0n) is 15.2. The van der Waals surface area contributed by atoms with E-state index in [-0.39, 0.29) is 23.9 Å². The molecule has 0 radical (unpaired) electrons. The molecular formula is C19H21BrN2O4. The highest BCUT2D eigenvalue weighted by Gasteiger charge is 2.19. The van der Waals surface area contributed by atoms with E-state index in [1.807, 2.05) is 25.3 Å². The van der Waals surface area contributed by atoms with Crippen LogP contribution in [0.2, 0.25) is 0 Å². The molecule has 2 aromatic rings. The van der Waals surface area contributed by atoms with Crippen LogP contribution in [-0.2, 0) is 16.1 Å². The summed E-state index contributed by atoms with van der Waals surface area (Å²) in [5.41, 5.74) is 2.91. The van der Waals surface area contributed by atoms with Gasteiger partial charge in [0.05, 0.1) is 11.3 Å². The summed E-state index contributed by atoms with van der Waals surface area (Å²) < 4.78 is 7.92. The highest BCUT2D eigenvalue weighted by Crippen LogP contribution is 2.23. The molecule has 0 saturated heterocycles. The maximum atomic E-state index is 12.4. The van der Waals surface area contributed by atoms with Crippen LogP contribution in [0.3, 0.4) is 0 Å². The van der Waals surface area contributed by atoms with Crippen LogP contribution in [0, 0.1) is 13.8 Å². The molecule has 1 aromatic carbocycles. The Morgan fingerprint density at radius 3 is 2.42 bits per heavy atom. The molecular weight excluding hydrogens is 400 g/mol. The first-order valence-corrected chi connectivity index (χ1v) is 8.98. The molecule has 0 bridgehead atoms. The van der Waals surface area contributed by atoms with Gasteiger partial charge in [-0.05, 0) is 45.0 Å². The van der Waals surface area contributed by atoms with E-state index in [1.165, 1.54) is 13.0 Å². The largest absolute Gasteiger partial charge is 0.454 e. The summed E-state index contributed by atoms with van der Waals surface area (Å²) in [6.45, 7) is 7.57. The lowest BCUT2D eigenvalue weighted by Gasteiger charge is -2.10. The fourth-order valence-corrected chi connectivity index (χ4v) is 3.21. The molecule has 0 aliphatic rings. The molecule has 6 nitrogen and oxygen atoms in total. The second-order valence-electron chi connectivity index (χ2n) is 5.90. The highest BCUT2D eigenvalue weighted by atomic mass is 79.9. The maximum Gasteiger partial charge on any atom is 0.340 e. The van der Waals surface area contributed by atoms with Crippen LogP contribution in [0.1, 0.15) is 46.0 Å². The van der Waals surface area contributed by atoms with Crippen LogP contribution < -0.4 is 5.32 Å². The van der Waals surface area contributed by atoms with Gasteiger partial charge in [-0.15, -0.1) is 0 Å². The van der Waals surface area contributed by atoms with Crippen LogP contribution in [-0.4, -0.2) is 28.8 Å². The van der Waals surface area contributed by atoms with Crippen molar-refractivity contribution in [2.45, 2.75) is 34.2 Å². The summed E-state index contributed by atoms with van der Waals surface area (Å²) in [6.07, 6.45) is 0. The summed E-state index contributed by atoms with van der Waals surface area (Å²) >= 11 is 3.29. The molecule has 1 aromatic heterocycles. The summed E-state index contributed by atoms with van der Waals surface area (Å²) in [5, 5.41) is 2.58. The second-order valence-corrected chi connectivity index (χ2v) is 6.82. The number of ketones is 1. The molecule has 2 rings (SSSR count). The number of esters is 1. The Hall–Kier alpha value is -2.41. The lowest BCUT2D eigenvalue weighted by molar-refractivity contribution is -0.114. The minimum atomic E-state index is -0.668. The predicted octanol–water partition coefficient (Wildman–Crippen LogP) is 3.89. The molecule has 1 amide bonds. The Morgan fingerprint density at radius 2 is 1.85 bits per heavy atom. The average molecular weight is 421 g/mol. The number of ether oxygens (including phenoxy) is 1. The number of nitrogens with zero attached hydrogens (tertiary/aromatic N) is 1. The fourth-order valence-electron chi connectivity index (χ4n) is 2.84. The van der Waals surface area contributed by atoms with Crippen molar-refractivity contribution in [2.24, 2.45) is 0 Å². The summed E-state index contributed by atoms with van der Waals surface area (Å²) in [6, 6.07) is 6.61. The van der Waals surface area contributed by atoms with Gasteiger partial charge in [-0.3, -0.25) is 9.59 Å². The molecule has 7 heteroatoms. The number of hydrogen-bond donors (Lipinski definition) is 1. The summed E-state index contributed by atoms with van der Waals surface area (Å²) in [5.74, 6) is -1.23. The molecule has 0 saturated carbocycles. The number of amides is 1. The lowest BCUT2D eigenvalue weighted by atomic mass is 10.1. The summed E-state index contributed by atoms with van der Waals surface area (Å²) in [4.78, 5) is 36.1. The molecule has 0 aliphatic heterocycles. The molecule has 0 atom stereocenters. The van der Waals surface area contributed by atoms with E-state index in [0.29, 0.717) is 15.7 Å². The number of benzene rings is 1. The SMILES string of the molecule is CCn1c(C)cc(C(=O)COC(=O)c2ccc(Br)cc2NC(C)=O)c1C. The van der Waals surface area contributed by atoms with Gasteiger partial charge >= 0.3 is 5.97 Å².